The zero-order chi connectivity index (χ0) is 14.5. The molecule has 2 heterocycles. The van der Waals surface area contributed by atoms with Gasteiger partial charge in [0, 0.05) is 12.6 Å². The first kappa shape index (κ1) is 15.0. The maximum absolute atomic E-state index is 6.16. The fraction of sp³-hybridized carbons (Fsp3) is 0.875. The van der Waals surface area contributed by atoms with Gasteiger partial charge in [0.25, 0.3) is 0 Å². The van der Waals surface area contributed by atoms with Crippen molar-refractivity contribution in [2.24, 2.45) is 5.92 Å². The second-order valence-electron chi connectivity index (χ2n) is 6.62. The number of ether oxygens (including phenoxy) is 1. The van der Waals surface area contributed by atoms with Crippen LogP contribution in [0.4, 0.5) is 0 Å². The number of rotatable bonds is 6. The number of likely N-dealkylation sites (tertiary alicyclic amines) is 1. The summed E-state index contributed by atoms with van der Waals surface area (Å²) in [5.41, 5.74) is 0. The SMILES string of the molecule is CC1CCCCC1OCCN1CCCC1Cn1cncn1. The van der Waals surface area contributed by atoms with Crippen LogP contribution < -0.4 is 0 Å². The molecule has 3 unspecified atom stereocenters. The standard InChI is InChI=1S/C16H28N4O/c1-14-5-2-3-7-16(14)21-10-9-19-8-4-6-15(19)11-20-13-17-12-18-20/h12-16H,2-11H2,1H3. The quantitative estimate of drug-likeness (QED) is 0.807. The number of hydrogen-bond donors (Lipinski definition) is 0. The van der Waals surface area contributed by atoms with Crippen molar-refractivity contribution < 1.29 is 4.74 Å². The summed E-state index contributed by atoms with van der Waals surface area (Å²) in [5, 5.41) is 4.23. The third kappa shape index (κ3) is 4.04. The lowest BCUT2D eigenvalue weighted by Gasteiger charge is -2.30. The zero-order valence-corrected chi connectivity index (χ0v) is 13.2. The van der Waals surface area contributed by atoms with Gasteiger partial charge in [0.05, 0.1) is 19.3 Å². The molecule has 3 atom stereocenters. The normalized spacial score (nSPS) is 30.8. The third-order valence-electron chi connectivity index (χ3n) is 5.11. The van der Waals surface area contributed by atoms with Gasteiger partial charge in [-0.2, -0.15) is 5.10 Å². The molecular weight excluding hydrogens is 264 g/mol. The minimum atomic E-state index is 0.495. The molecule has 1 saturated carbocycles. The molecule has 1 aromatic heterocycles. The van der Waals surface area contributed by atoms with Crippen LogP contribution in [0.15, 0.2) is 12.7 Å². The summed E-state index contributed by atoms with van der Waals surface area (Å²) in [4.78, 5) is 6.59. The van der Waals surface area contributed by atoms with Crippen LogP contribution in [-0.4, -0.2) is 51.5 Å². The van der Waals surface area contributed by atoms with Crippen LogP contribution in [0.1, 0.15) is 45.4 Å². The van der Waals surface area contributed by atoms with Crippen LogP contribution in [0.5, 0.6) is 0 Å². The maximum Gasteiger partial charge on any atom is 0.137 e. The minimum absolute atomic E-state index is 0.495. The molecule has 1 aliphatic heterocycles. The van der Waals surface area contributed by atoms with Gasteiger partial charge in [-0.25, -0.2) is 4.98 Å². The van der Waals surface area contributed by atoms with Crippen molar-refractivity contribution in [1.82, 2.24) is 19.7 Å². The Bertz CT molecular complexity index is 408. The Labute approximate surface area is 127 Å². The van der Waals surface area contributed by atoms with Gasteiger partial charge in [-0.15, -0.1) is 0 Å². The molecule has 3 rings (SSSR count). The van der Waals surface area contributed by atoms with Crippen molar-refractivity contribution in [3.05, 3.63) is 12.7 Å². The highest BCUT2D eigenvalue weighted by atomic mass is 16.5. The average molecular weight is 292 g/mol. The second kappa shape index (κ2) is 7.36. The van der Waals surface area contributed by atoms with Gasteiger partial charge in [-0.05, 0) is 38.1 Å². The molecule has 0 aromatic carbocycles. The number of aromatic nitrogens is 3. The van der Waals surface area contributed by atoms with Crippen molar-refractivity contribution in [2.45, 2.75) is 64.1 Å². The Hall–Kier alpha value is -0.940. The van der Waals surface area contributed by atoms with E-state index >= 15 is 0 Å². The van der Waals surface area contributed by atoms with E-state index in [1.165, 1.54) is 45.1 Å². The van der Waals surface area contributed by atoms with Gasteiger partial charge in [0.2, 0.25) is 0 Å². The molecule has 0 amide bonds. The molecule has 5 nitrogen and oxygen atoms in total. The monoisotopic (exact) mass is 292 g/mol. The summed E-state index contributed by atoms with van der Waals surface area (Å²) in [7, 11) is 0. The molecule has 0 spiro atoms. The van der Waals surface area contributed by atoms with Crippen molar-refractivity contribution in [3.8, 4) is 0 Å². The second-order valence-corrected chi connectivity index (χ2v) is 6.62. The van der Waals surface area contributed by atoms with Gasteiger partial charge in [-0.1, -0.05) is 19.8 Å². The Kier molecular flexibility index (Phi) is 5.25. The predicted octanol–water partition coefficient (Wildman–Crippen LogP) is 2.34. The molecular formula is C16H28N4O. The minimum Gasteiger partial charge on any atom is -0.377 e. The van der Waals surface area contributed by atoms with E-state index in [1.807, 2.05) is 11.0 Å². The number of hydrogen-bond acceptors (Lipinski definition) is 4. The van der Waals surface area contributed by atoms with Crippen LogP contribution >= 0.6 is 0 Å². The third-order valence-corrected chi connectivity index (χ3v) is 5.11. The molecule has 118 valence electrons. The highest BCUT2D eigenvalue weighted by molar-refractivity contribution is 4.80. The number of nitrogens with zero attached hydrogens (tertiary/aromatic N) is 4. The Morgan fingerprint density at radius 1 is 1.19 bits per heavy atom. The van der Waals surface area contributed by atoms with E-state index in [-0.39, 0.29) is 0 Å². The van der Waals surface area contributed by atoms with Crippen LogP contribution in [0, 0.1) is 5.92 Å². The summed E-state index contributed by atoms with van der Waals surface area (Å²) in [6.45, 7) is 6.43. The van der Waals surface area contributed by atoms with Gasteiger partial charge in [-0.3, -0.25) is 9.58 Å². The largest absolute Gasteiger partial charge is 0.377 e. The van der Waals surface area contributed by atoms with Gasteiger partial charge in [0.15, 0.2) is 0 Å². The van der Waals surface area contributed by atoms with Gasteiger partial charge < -0.3 is 4.74 Å². The van der Waals surface area contributed by atoms with E-state index < -0.39 is 0 Å². The lowest BCUT2D eigenvalue weighted by Crippen LogP contribution is -2.37. The molecule has 0 bridgehead atoms. The first-order chi connectivity index (χ1) is 10.3. The van der Waals surface area contributed by atoms with Crippen molar-refractivity contribution >= 4 is 0 Å². The molecule has 5 heteroatoms. The summed E-state index contributed by atoms with van der Waals surface area (Å²) >= 11 is 0. The highest BCUT2D eigenvalue weighted by Crippen LogP contribution is 2.26. The molecule has 0 radical (unpaired) electrons. The molecule has 1 aliphatic carbocycles. The predicted molar refractivity (Wildman–Crippen MR) is 82.0 cm³/mol. The topological polar surface area (TPSA) is 43.2 Å². The van der Waals surface area contributed by atoms with Crippen LogP contribution in [0.3, 0.4) is 0 Å². The van der Waals surface area contributed by atoms with Crippen LogP contribution in [-0.2, 0) is 11.3 Å². The molecule has 0 N–H and O–H groups in total. The van der Waals surface area contributed by atoms with Crippen LogP contribution in [0.2, 0.25) is 0 Å². The fourth-order valence-corrected chi connectivity index (χ4v) is 3.79. The first-order valence-electron chi connectivity index (χ1n) is 8.51. The highest BCUT2D eigenvalue weighted by Gasteiger charge is 2.26. The molecule has 2 fully saturated rings. The smallest absolute Gasteiger partial charge is 0.137 e. The van der Waals surface area contributed by atoms with E-state index in [9.17, 15) is 0 Å². The van der Waals surface area contributed by atoms with Crippen molar-refractivity contribution in [1.29, 1.82) is 0 Å². The Morgan fingerprint density at radius 3 is 2.90 bits per heavy atom. The summed E-state index contributed by atoms with van der Waals surface area (Å²) in [6.07, 6.45) is 11.8. The van der Waals surface area contributed by atoms with E-state index in [0.29, 0.717) is 12.1 Å². The Morgan fingerprint density at radius 2 is 2.10 bits per heavy atom. The lowest BCUT2D eigenvalue weighted by atomic mass is 9.88. The van der Waals surface area contributed by atoms with Gasteiger partial charge >= 0.3 is 0 Å². The van der Waals surface area contributed by atoms with E-state index in [4.69, 9.17) is 4.74 Å². The average Bonchev–Trinajstić information content (AvgIpc) is 3.14. The molecule has 21 heavy (non-hydrogen) atoms. The molecule has 2 aliphatic rings. The van der Waals surface area contributed by atoms with Crippen molar-refractivity contribution in [3.63, 3.8) is 0 Å². The van der Waals surface area contributed by atoms with Crippen LogP contribution in [0.25, 0.3) is 0 Å². The summed E-state index contributed by atoms with van der Waals surface area (Å²) in [5.74, 6) is 0.739. The van der Waals surface area contributed by atoms with E-state index in [2.05, 4.69) is 21.9 Å². The van der Waals surface area contributed by atoms with Crippen molar-refractivity contribution in [2.75, 3.05) is 19.7 Å². The Balaban J connectivity index is 1.41. The summed E-state index contributed by atoms with van der Waals surface area (Å²) in [6, 6.07) is 0.596. The maximum atomic E-state index is 6.16. The fourth-order valence-electron chi connectivity index (χ4n) is 3.79. The molecule has 1 aromatic rings. The lowest BCUT2D eigenvalue weighted by molar-refractivity contribution is -0.0155. The van der Waals surface area contributed by atoms with E-state index in [1.54, 1.807) is 6.33 Å². The summed E-state index contributed by atoms with van der Waals surface area (Å²) < 4.78 is 8.12. The first-order valence-corrected chi connectivity index (χ1v) is 8.51. The van der Waals surface area contributed by atoms with E-state index in [0.717, 1.165) is 25.6 Å². The van der Waals surface area contributed by atoms with Gasteiger partial charge in [0.1, 0.15) is 12.7 Å². The molecule has 1 saturated heterocycles. The zero-order valence-electron chi connectivity index (χ0n) is 13.2.